The lowest BCUT2D eigenvalue weighted by molar-refractivity contribution is -0.127. The number of carbonyl (C=O) groups is 1. The number of nitrogens with one attached hydrogen (secondary N) is 1. The molecule has 5 nitrogen and oxygen atoms in total. The minimum atomic E-state index is -0.284. The molecule has 5 atom stereocenters. The number of fused-ring (bicyclic) bond motifs is 3. The summed E-state index contributed by atoms with van der Waals surface area (Å²) in [5.74, 6) is 0.555. The Morgan fingerprint density at radius 2 is 2.04 bits per heavy atom. The lowest BCUT2D eigenvalue weighted by Gasteiger charge is -2.26. The second-order valence-electron chi connectivity index (χ2n) is 8.19. The Morgan fingerprint density at radius 1 is 1.27 bits per heavy atom. The van der Waals surface area contributed by atoms with Gasteiger partial charge in [-0.1, -0.05) is 23.2 Å². The van der Waals surface area contributed by atoms with Crippen molar-refractivity contribution in [2.45, 2.75) is 43.8 Å². The number of nitriles is 1. The predicted molar refractivity (Wildman–Crippen MR) is 100 cm³/mol. The quantitative estimate of drug-likeness (QED) is 0.805. The molecule has 4 fully saturated rings. The van der Waals surface area contributed by atoms with E-state index in [1.807, 2.05) is 17.0 Å². The fraction of sp³-hybridized carbons (Fsp3) is 0.579. The molecule has 0 aromatic heterocycles. The molecule has 4 aliphatic rings. The summed E-state index contributed by atoms with van der Waals surface area (Å²) >= 11 is 12.3. The van der Waals surface area contributed by atoms with Gasteiger partial charge in [0.15, 0.2) is 6.19 Å². The first-order valence-corrected chi connectivity index (χ1v) is 9.96. The first-order valence-electron chi connectivity index (χ1n) is 9.20. The second-order valence-corrected chi connectivity index (χ2v) is 9.06. The van der Waals surface area contributed by atoms with E-state index in [-0.39, 0.29) is 23.4 Å². The van der Waals surface area contributed by atoms with E-state index in [0.29, 0.717) is 28.5 Å². The van der Waals surface area contributed by atoms with Gasteiger partial charge in [-0.15, -0.1) is 0 Å². The maximum Gasteiger partial charge on any atom is 0.228 e. The normalized spacial score (nSPS) is 36.8. The monoisotopic (exact) mass is 390 g/mol. The van der Waals surface area contributed by atoms with E-state index in [4.69, 9.17) is 23.2 Å². The van der Waals surface area contributed by atoms with Crippen molar-refractivity contribution in [2.75, 3.05) is 18.0 Å². The van der Waals surface area contributed by atoms with Crippen LogP contribution in [-0.2, 0) is 4.79 Å². The fourth-order valence-electron chi connectivity index (χ4n) is 5.37. The molecule has 26 heavy (non-hydrogen) atoms. The Kier molecular flexibility index (Phi) is 3.61. The molecule has 5 rings (SSSR count). The number of hydrogen-bond acceptors (Lipinski definition) is 4. The molecule has 3 saturated heterocycles. The van der Waals surface area contributed by atoms with Crippen LogP contribution in [0.15, 0.2) is 18.2 Å². The van der Waals surface area contributed by atoms with Crippen LogP contribution in [0.4, 0.5) is 5.69 Å². The molecule has 2 bridgehead atoms. The van der Waals surface area contributed by atoms with Crippen molar-refractivity contribution in [1.29, 1.82) is 5.26 Å². The standard InChI is InChI=1S/C19H20Cl2N4O/c20-12-3-13(21)5-15(4-12)24-8-11-7-19(11,9-24)18(26)23-16-6-14-1-2-17(16)25(14)10-22/h3-5,11,14,16-17H,1-2,6-9H2,(H,23,26)/t11-,14-,16-,17+,19-/m0/s1. The van der Waals surface area contributed by atoms with Crippen LogP contribution in [-0.4, -0.2) is 42.0 Å². The molecule has 1 N–H and O–H groups in total. The topological polar surface area (TPSA) is 59.4 Å². The number of amides is 1. The summed E-state index contributed by atoms with van der Waals surface area (Å²) < 4.78 is 0. The zero-order chi connectivity index (χ0) is 18.1. The van der Waals surface area contributed by atoms with Gasteiger partial charge in [0.1, 0.15) is 0 Å². The zero-order valence-corrected chi connectivity index (χ0v) is 15.8. The summed E-state index contributed by atoms with van der Waals surface area (Å²) in [6.07, 6.45) is 6.24. The Balaban J connectivity index is 1.28. The number of piperidine rings is 1. The third-order valence-corrected chi connectivity index (χ3v) is 7.22. The van der Waals surface area contributed by atoms with Crippen LogP contribution in [0.5, 0.6) is 0 Å². The predicted octanol–water partition coefficient (Wildman–Crippen LogP) is 3.02. The molecular formula is C19H20Cl2N4O. The number of hydrogen-bond donors (Lipinski definition) is 1. The van der Waals surface area contributed by atoms with Crippen LogP contribution in [0.2, 0.25) is 10.0 Å². The van der Waals surface area contributed by atoms with Crippen LogP contribution >= 0.6 is 23.2 Å². The molecule has 3 heterocycles. The molecular weight excluding hydrogens is 371 g/mol. The summed E-state index contributed by atoms with van der Waals surface area (Å²) in [6.45, 7) is 1.58. The van der Waals surface area contributed by atoms with E-state index in [9.17, 15) is 10.1 Å². The fourth-order valence-corrected chi connectivity index (χ4v) is 5.88. The summed E-state index contributed by atoms with van der Waals surface area (Å²) in [5.41, 5.74) is 0.700. The molecule has 0 unspecified atom stereocenters. The average Bonchev–Trinajstić information content (AvgIpc) is 2.93. The van der Waals surface area contributed by atoms with Crippen molar-refractivity contribution in [3.8, 4) is 6.19 Å². The smallest absolute Gasteiger partial charge is 0.228 e. The number of anilines is 1. The number of halogens is 2. The highest BCUT2D eigenvalue weighted by molar-refractivity contribution is 6.35. The summed E-state index contributed by atoms with van der Waals surface area (Å²) in [6, 6.07) is 6.16. The van der Waals surface area contributed by atoms with Crippen LogP contribution in [0, 0.1) is 22.8 Å². The number of nitrogens with zero attached hydrogens (tertiary/aromatic N) is 3. The lowest BCUT2D eigenvalue weighted by atomic mass is 9.94. The molecule has 1 aromatic carbocycles. The number of rotatable bonds is 3. The van der Waals surface area contributed by atoms with Gasteiger partial charge in [-0.25, -0.2) is 0 Å². The first-order chi connectivity index (χ1) is 12.5. The zero-order valence-electron chi connectivity index (χ0n) is 14.3. The molecule has 0 spiro atoms. The van der Waals surface area contributed by atoms with Crippen LogP contribution < -0.4 is 10.2 Å². The van der Waals surface area contributed by atoms with E-state index in [0.717, 1.165) is 37.9 Å². The third-order valence-electron chi connectivity index (χ3n) is 6.78. The Hall–Kier alpha value is -1.64. The highest BCUT2D eigenvalue weighted by Gasteiger charge is 2.65. The van der Waals surface area contributed by atoms with Gasteiger partial charge in [0.05, 0.1) is 17.5 Å². The summed E-state index contributed by atoms with van der Waals surface area (Å²) in [5, 5.41) is 13.8. The molecule has 0 radical (unpaired) electrons. The maximum absolute atomic E-state index is 13.1. The molecule has 1 aromatic rings. The van der Waals surface area contributed by atoms with Gasteiger partial charge in [-0.2, -0.15) is 5.26 Å². The Morgan fingerprint density at radius 3 is 2.73 bits per heavy atom. The van der Waals surface area contributed by atoms with Crippen molar-refractivity contribution < 1.29 is 4.79 Å². The Labute approximate surface area is 162 Å². The van der Waals surface area contributed by atoms with Crippen LogP contribution in [0.3, 0.4) is 0 Å². The lowest BCUT2D eigenvalue weighted by Crippen LogP contribution is -2.47. The molecule has 1 aliphatic carbocycles. The van der Waals surface area contributed by atoms with Gasteiger partial charge in [0, 0.05) is 34.9 Å². The van der Waals surface area contributed by atoms with Crippen molar-refractivity contribution >= 4 is 34.8 Å². The van der Waals surface area contributed by atoms with Crippen LogP contribution in [0.1, 0.15) is 25.7 Å². The number of carbonyl (C=O) groups excluding carboxylic acids is 1. The maximum atomic E-state index is 13.1. The highest BCUT2D eigenvalue weighted by Crippen LogP contribution is 2.59. The minimum Gasteiger partial charge on any atom is -0.370 e. The largest absolute Gasteiger partial charge is 0.370 e. The molecule has 1 amide bonds. The second kappa shape index (κ2) is 5.68. The Bertz CT molecular complexity index is 804. The average molecular weight is 391 g/mol. The van der Waals surface area contributed by atoms with E-state index >= 15 is 0 Å². The van der Waals surface area contributed by atoms with Gasteiger partial charge in [-0.05, 0) is 49.8 Å². The van der Waals surface area contributed by atoms with E-state index in [2.05, 4.69) is 16.4 Å². The van der Waals surface area contributed by atoms with E-state index in [1.165, 1.54) is 0 Å². The number of benzene rings is 1. The SMILES string of the molecule is N#CN1[C@H]2CC[C@@H]1[C@@H](NC(=O)[C@]13C[C@H]1CN(c1cc(Cl)cc(Cl)c1)C3)C2. The van der Waals surface area contributed by atoms with Gasteiger partial charge in [-0.3, -0.25) is 4.79 Å². The van der Waals surface area contributed by atoms with E-state index < -0.39 is 0 Å². The molecule has 1 saturated carbocycles. The van der Waals surface area contributed by atoms with Crippen molar-refractivity contribution in [3.63, 3.8) is 0 Å². The summed E-state index contributed by atoms with van der Waals surface area (Å²) in [7, 11) is 0. The summed E-state index contributed by atoms with van der Waals surface area (Å²) in [4.78, 5) is 17.2. The van der Waals surface area contributed by atoms with Gasteiger partial charge in [0.25, 0.3) is 0 Å². The minimum absolute atomic E-state index is 0.117. The van der Waals surface area contributed by atoms with Gasteiger partial charge >= 0.3 is 0 Å². The third kappa shape index (κ3) is 2.39. The highest BCUT2D eigenvalue weighted by atomic mass is 35.5. The van der Waals surface area contributed by atoms with Gasteiger partial charge in [0.2, 0.25) is 5.91 Å². The molecule has 7 heteroatoms. The van der Waals surface area contributed by atoms with Gasteiger partial charge < -0.3 is 15.1 Å². The van der Waals surface area contributed by atoms with Crippen molar-refractivity contribution in [1.82, 2.24) is 10.2 Å². The van der Waals surface area contributed by atoms with Crippen molar-refractivity contribution in [3.05, 3.63) is 28.2 Å². The molecule has 3 aliphatic heterocycles. The first kappa shape index (κ1) is 16.5. The van der Waals surface area contributed by atoms with Crippen molar-refractivity contribution in [2.24, 2.45) is 11.3 Å². The molecule has 136 valence electrons. The van der Waals surface area contributed by atoms with E-state index in [1.54, 1.807) is 6.07 Å². The van der Waals surface area contributed by atoms with Crippen LogP contribution in [0.25, 0.3) is 0 Å².